The van der Waals surface area contributed by atoms with E-state index in [0.29, 0.717) is 0 Å². The minimum Gasteiger partial charge on any atom is -0.325 e. The Labute approximate surface area is 124 Å². The summed E-state index contributed by atoms with van der Waals surface area (Å²) in [6.07, 6.45) is 3.18. The van der Waals surface area contributed by atoms with Gasteiger partial charge in [0, 0.05) is 23.2 Å². The molecule has 1 heterocycles. The van der Waals surface area contributed by atoms with E-state index >= 15 is 0 Å². The third-order valence-electron chi connectivity index (χ3n) is 4.92. The van der Waals surface area contributed by atoms with E-state index in [1.807, 2.05) is 0 Å². The molecule has 0 saturated carbocycles. The average molecular weight is 274 g/mol. The van der Waals surface area contributed by atoms with Gasteiger partial charge in [-0.1, -0.05) is 37.3 Å². The monoisotopic (exact) mass is 274 g/mol. The van der Waals surface area contributed by atoms with Gasteiger partial charge in [0.25, 0.3) is 0 Å². The number of hydrogen-bond acceptors (Lipinski definition) is 2. The van der Waals surface area contributed by atoms with Crippen molar-refractivity contribution in [1.29, 1.82) is 0 Å². The van der Waals surface area contributed by atoms with Gasteiger partial charge in [-0.2, -0.15) is 0 Å². The average Bonchev–Trinajstić information content (AvgIpc) is 2.34. The van der Waals surface area contributed by atoms with Crippen LogP contribution in [0.1, 0.15) is 59.4 Å². The Morgan fingerprint density at radius 3 is 1.95 bits per heavy atom. The first-order chi connectivity index (χ1) is 9.19. The predicted octanol–water partition coefficient (Wildman–Crippen LogP) is 3.95. The molecule has 2 rings (SSSR count). The molecule has 20 heavy (non-hydrogen) atoms. The van der Waals surface area contributed by atoms with Gasteiger partial charge in [0.2, 0.25) is 0 Å². The Morgan fingerprint density at radius 2 is 1.50 bits per heavy atom. The summed E-state index contributed by atoms with van der Waals surface area (Å²) in [4.78, 5) is 2.64. The molecule has 0 spiro atoms. The third-order valence-corrected chi connectivity index (χ3v) is 4.92. The van der Waals surface area contributed by atoms with Crippen LogP contribution in [0, 0.1) is 0 Å². The van der Waals surface area contributed by atoms with Crippen molar-refractivity contribution in [2.45, 2.75) is 77.0 Å². The number of piperidine rings is 1. The maximum Gasteiger partial charge on any atom is 0.0244 e. The number of hydrogen-bond donors (Lipinski definition) is 1. The fourth-order valence-corrected chi connectivity index (χ4v) is 4.24. The second-order valence-electron chi connectivity index (χ2n) is 7.77. The lowest BCUT2D eigenvalue weighted by Crippen LogP contribution is -2.67. The molecular formula is C18H30N2. The Bertz CT molecular complexity index is 430. The summed E-state index contributed by atoms with van der Waals surface area (Å²) in [5.41, 5.74) is 8.25. The molecule has 1 aliphatic heterocycles. The van der Waals surface area contributed by atoms with Crippen LogP contribution in [-0.2, 0) is 6.54 Å². The normalized spacial score (nSPS) is 24.5. The number of rotatable bonds is 3. The summed E-state index contributed by atoms with van der Waals surface area (Å²) in [6, 6.07) is 10.8. The number of nitrogens with zero attached hydrogens (tertiary/aromatic N) is 1. The molecule has 0 atom stereocenters. The van der Waals surface area contributed by atoms with Crippen molar-refractivity contribution < 1.29 is 0 Å². The molecule has 1 aromatic rings. The topological polar surface area (TPSA) is 29.3 Å². The molecule has 1 aromatic carbocycles. The largest absolute Gasteiger partial charge is 0.325 e. The van der Waals surface area contributed by atoms with Crippen LogP contribution >= 0.6 is 0 Å². The molecule has 1 fully saturated rings. The van der Waals surface area contributed by atoms with Crippen LogP contribution in [0.25, 0.3) is 0 Å². The van der Waals surface area contributed by atoms with Crippen molar-refractivity contribution in [3.8, 4) is 0 Å². The molecule has 1 aliphatic rings. The highest BCUT2D eigenvalue weighted by Crippen LogP contribution is 2.44. The zero-order valence-electron chi connectivity index (χ0n) is 13.7. The maximum atomic E-state index is 6.64. The van der Waals surface area contributed by atoms with Gasteiger partial charge in [-0.15, -0.1) is 0 Å². The number of benzene rings is 1. The molecule has 2 N–H and O–H groups in total. The third kappa shape index (κ3) is 3.07. The summed E-state index contributed by atoms with van der Waals surface area (Å²) in [5.74, 6) is 0. The van der Waals surface area contributed by atoms with Gasteiger partial charge in [-0.25, -0.2) is 0 Å². The fraction of sp³-hybridized carbons (Fsp3) is 0.667. The molecule has 112 valence electrons. The minimum absolute atomic E-state index is 0.0276. The van der Waals surface area contributed by atoms with Crippen molar-refractivity contribution in [2.75, 3.05) is 0 Å². The SMILES string of the molecule is CCC1(N)CC(C)(C)N(Cc2ccccc2)C(C)(C)C1. The van der Waals surface area contributed by atoms with E-state index < -0.39 is 0 Å². The van der Waals surface area contributed by atoms with Gasteiger partial charge >= 0.3 is 0 Å². The predicted molar refractivity (Wildman–Crippen MR) is 86.6 cm³/mol. The van der Waals surface area contributed by atoms with E-state index in [0.717, 1.165) is 25.8 Å². The van der Waals surface area contributed by atoms with Crippen LogP contribution in [0.4, 0.5) is 0 Å². The van der Waals surface area contributed by atoms with Crippen molar-refractivity contribution in [3.05, 3.63) is 35.9 Å². The lowest BCUT2D eigenvalue weighted by atomic mass is 9.68. The second kappa shape index (κ2) is 5.16. The molecule has 2 heteroatoms. The standard InChI is InChI=1S/C18H30N2/c1-6-18(19)13-16(2,3)20(17(4,5)14-18)12-15-10-8-7-9-11-15/h7-11H,6,12-14,19H2,1-5H3. The molecular weight excluding hydrogens is 244 g/mol. The van der Waals surface area contributed by atoms with Gasteiger partial charge in [0.05, 0.1) is 0 Å². The number of nitrogens with two attached hydrogens (primary N) is 1. The first-order valence-corrected chi connectivity index (χ1v) is 7.79. The van der Waals surface area contributed by atoms with Gasteiger partial charge < -0.3 is 5.73 Å². The summed E-state index contributed by atoms with van der Waals surface area (Å²) in [7, 11) is 0. The van der Waals surface area contributed by atoms with Crippen LogP contribution in [0.15, 0.2) is 30.3 Å². The van der Waals surface area contributed by atoms with Crippen LogP contribution in [-0.4, -0.2) is 21.5 Å². The van der Waals surface area contributed by atoms with Gasteiger partial charge in [0.1, 0.15) is 0 Å². The van der Waals surface area contributed by atoms with E-state index in [9.17, 15) is 0 Å². The molecule has 0 bridgehead atoms. The molecule has 0 radical (unpaired) electrons. The lowest BCUT2D eigenvalue weighted by molar-refractivity contribution is -0.0675. The van der Waals surface area contributed by atoms with Crippen molar-refractivity contribution in [1.82, 2.24) is 4.90 Å². The summed E-state index contributed by atoms with van der Waals surface area (Å²) < 4.78 is 0. The highest BCUT2D eigenvalue weighted by atomic mass is 15.3. The molecule has 0 aliphatic carbocycles. The minimum atomic E-state index is -0.0276. The Kier molecular flexibility index (Phi) is 4.01. The summed E-state index contributed by atoms with van der Waals surface area (Å²) in [6.45, 7) is 12.6. The van der Waals surface area contributed by atoms with Gasteiger partial charge in [-0.3, -0.25) is 4.90 Å². The molecule has 0 unspecified atom stereocenters. The van der Waals surface area contributed by atoms with Crippen LogP contribution in [0.3, 0.4) is 0 Å². The van der Waals surface area contributed by atoms with Gasteiger partial charge in [-0.05, 0) is 52.5 Å². The summed E-state index contributed by atoms with van der Waals surface area (Å²) >= 11 is 0. The van der Waals surface area contributed by atoms with E-state index in [2.05, 4.69) is 69.9 Å². The van der Waals surface area contributed by atoms with E-state index in [1.54, 1.807) is 0 Å². The quantitative estimate of drug-likeness (QED) is 0.904. The summed E-state index contributed by atoms with van der Waals surface area (Å²) in [5, 5.41) is 0. The zero-order valence-corrected chi connectivity index (χ0v) is 13.7. The van der Waals surface area contributed by atoms with E-state index in [1.165, 1.54) is 5.56 Å². The zero-order chi connectivity index (χ0) is 15.0. The molecule has 2 nitrogen and oxygen atoms in total. The maximum absolute atomic E-state index is 6.64. The second-order valence-corrected chi connectivity index (χ2v) is 7.77. The van der Waals surface area contributed by atoms with Crippen LogP contribution in [0.2, 0.25) is 0 Å². The lowest BCUT2D eigenvalue weighted by Gasteiger charge is -2.58. The Morgan fingerprint density at radius 1 is 1.00 bits per heavy atom. The van der Waals surface area contributed by atoms with Crippen molar-refractivity contribution in [2.24, 2.45) is 5.73 Å². The van der Waals surface area contributed by atoms with Crippen LogP contribution < -0.4 is 5.73 Å². The molecule has 0 aromatic heterocycles. The highest BCUT2D eigenvalue weighted by molar-refractivity contribution is 5.17. The fourth-order valence-electron chi connectivity index (χ4n) is 4.24. The smallest absolute Gasteiger partial charge is 0.0244 e. The molecule has 1 saturated heterocycles. The van der Waals surface area contributed by atoms with Crippen molar-refractivity contribution >= 4 is 0 Å². The van der Waals surface area contributed by atoms with Crippen molar-refractivity contribution in [3.63, 3.8) is 0 Å². The van der Waals surface area contributed by atoms with E-state index in [4.69, 9.17) is 5.73 Å². The van der Waals surface area contributed by atoms with Crippen LogP contribution in [0.5, 0.6) is 0 Å². The first kappa shape index (κ1) is 15.5. The van der Waals surface area contributed by atoms with Gasteiger partial charge in [0.15, 0.2) is 0 Å². The Hall–Kier alpha value is -0.860. The Balaban J connectivity index is 2.28. The number of likely N-dealkylation sites (tertiary alicyclic amines) is 1. The highest BCUT2D eigenvalue weighted by Gasteiger charge is 2.49. The van der Waals surface area contributed by atoms with E-state index in [-0.39, 0.29) is 16.6 Å². The molecule has 0 amide bonds. The first-order valence-electron chi connectivity index (χ1n) is 7.79.